The standard InChI is InChI=1S/C30H51N3O21/c1-8(38)31-15-22(45)18(41)11(4-34)49-28(15)54-26-21(44)14(7-37)51-30(23(26)46)53-25-17(33-10(3)40)29(50-13(6-36)20(25)43)52-24-16(32-9(2)39)27(47)48-12(5-35)19(24)42/h11-30,34-37,41-47H,4-7H2,1-3H3,(H,31,38)(H,32,39)(H,33,40)/t11-,12-,13-,14-,15-,16-,17-,18+,19+,20-,21+,22-,23-,24-,25-,26+,27?,28-,29+,30+/m1/s1. The minimum atomic E-state index is -2.08. The number of carbonyl (C=O) groups is 3. The second kappa shape index (κ2) is 19.2. The maximum Gasteiger partial charge on any atom is 0.217 e. The number of carbonyl (C=O) groups excluding carboxylic acids is 3. The van der Waals surface area contributed by atoms with Crippen LogP contribution in [0.5, 0.6) is 0 Å². The van der Waals surface area contributed by atoms with Gasteiger partial charge in [0.15, 0.2) is 25.2 Å². The molecule has 24 nitrogen and oxygen atoms in total. The van der Waals surface area contributed by atoms with Crippen molar-refractivity contribution in [1.29, 1.82) is 0 Å². The van der Waals surface area contributed by atoms with Crippen molar-refractivity contribution in [1.82, 2.24) is 16.0 Å². The van der Waals surface area contributed by atoms with Crippen molar-refractivity contribution in [2.75, 3.05) is 26.4 Å². The van der Waals surface area contributed by atoms with E-state index < -0.39 is 167 Å². The van der Waals surface area contributed by atoms with E-state index in [1.807, 2.05) is 0 Å². The van der Waals surface area contributed by atoms with Crippen molar-refractivity contribution < 1.29 is 104 Å². The van der Waals surface area contributed by atoms with Crippen LogP contribution in [0.2, 0.25) is 0 Å². The van der Waals surface area contributed by atoms with Crippen molar-refractivity contribution in [3.05, 3.63) is 0 Å². The summed E-state index contributed by atoms with van der Waals surface area (Å²) in [6, 6.07) is -4.65. The van der Waals surface area contributed by atoms with Gasteiger partial charge in [-0.05, 0) is 0 Å². The summed E-state index contributed by atoms with van der Waals surface area (Å²) in [5.74, 6) is -2.18. The zero-order valence-electron chi connectivity index (χ0n) is 29.4. The lowest BCUT2D eigenvalue weighted by molar-refractivity contribution is -0.371. The number of ether oxygens (including phenoxy) is 7. The van der Waals surface area contributed by atoms with E-state index in [9.17, 15) is 70.6 Å². The normalized spacial score (nSPS) is 45.7. The van der Waals surface area contributed by atoms with Gasteiger partial charge in [-0.3, -0.25) is 14.4 Å². The number of nitrogens with one attached hydrogen (secondary N) is 3. The first-order valence-electron chi connectivity index (χ1n) is 17.1. The van der Waals surface area contributed by atoms with Gasteiger partial charge >= 0.3 is 0 Å². The Hall–Kier alpha value is -2.31. The first-order valence-corrected chi connectivity index (χ1v) is 17.1. The van der Waals surface area contributed by atoms with Crippen LogP contribution in [0, 0.1) is 0 Å². The number of amides is 3. The Labute approximate surface area is 307 Å². The molecule has 3 amide bonds. The second-order valence-corrected chi connectivity index (χ2v) is 13.3. The summed E-state index contributed by atoms with van der Waals surface area (Å²) < 4.78 is 39.8. The Balaban J connectivity index is 1.66. The molecule has 4 rings (SSSR count). The van der Waals surface area contributed by atoms with Crippen LogP contribution in [-0.2, 0) is 47.5 Å². The lowest BCUT2D eigenvalue weighted by Gasteiger charge is -2.50. The van der Waals surface area contributed by atoms with E-state index in [1.54, 1.807) is 0 Å². The van der Waals surface area contributed by atoms with Gasteiger partial charge in [-0.2, -0.15) is 0 Å². The van der Waals surface area contributed by atoms with Crippen molar-refractivity contribution in [3.8, 4) is 0 Å². The van der Waals surface area contributed by atoms with Crippen LogP contribution >= 0.6 is 0 Å². The summed E-state index contributed by atoms with van der Waals surface area (Å²) in [5.41, 5.74) is 0. The van der Waals surface area contributed by atoms with Crippen molar-refractivity contribution in [2.24, 2.45) is 0 Å². The maximum atomic E-state index is 12.5. The topological polar surface area (TPSA) is 374 Å². The molecule has 0 aromatic heterocycles. The SMILES string of the molecule is CC(=O)N[C@H]1[C@@H](O[C@H]2[C@@H](O)[C@@H](CO)O[C@@H](O[C@H]3[C@H](O)[C@@H](CO)O[C@@H](O[C@H]4[C@@H](O)[C@@H](CO)OC(O)[C@@H]4NC(C)=O)[C@@H]3NC(C)=O)[C@@H]2O)O[C@H](CO)[C@H](O)[C@@H]1O. The van der Waals surface area contributed by atoms with Gasteiger partial charge in [0.1, 0.15) is 97.5 Å². The highest BCUT2D eigenvalue weighted by Crippen LogP contribution is 2.34. The van der Waals surface area contributed by atoms with E-state index in [2.05, 4.69) is 16.0 Å². The molecule has 54 heavy (non-hydrogen) atoms. The molecule has 0 saturated carbocycles. The van der Waals surface area contributed by atoms with Crippen molar-refractivity contribution in [3.63, 3.8) is 0 Å². The molecule has 1 unspecified atom stereocenters. The summed E-state index contributed by atoms with van der Waals surface area (Å²) in [4.78, 5) is 36.4. The molecule has 312 valence electrons. The van der Waals surface area contributed by atoms with E-state index in [1.165, 1.54) is 0 Å². The molecular formula is C30H51N3O21. The third kappa shape index (κ3) is 9.79. The number of hydrogen-bond donors (Lipinski definition) is 14. The molecule has 4 heterocycles. The zero-order chi connectivity index (χ0) is 40.2. The quantitative estimate of drug-likeness (QED) is 0.0823. The van der Waals surface area contributed by atoms with Gasteiger partial charge in [0.05, 0.1) is 26.4 Å². The van der Waals surface area contributed by atoms with Crippen LogP contribution in [0.15, 0.2) is 0 Å². The third-order valence-electron chi connectivity index (χ3n) is 9.41. The van der Waals surface area contributed by atoms with Crippen LogP contribution in [0.3, 0.4) is 0 Å². The van der Waals surface area contributed by atoms with Crippen LogP contribution in [0.1, 0.15) is 20.8 Å². The predicted octanol–water partition coefficient (Wildman–Crippen LogP) is -9.32. The van der Waals surface area contributed by atoms with Gasteiger partial charge in [-0.1, -0.05) is 0 Å². The Morgan fingerprint density at radius 2 is 0.796 bits per heavy atom. The highest BCUT2D eigenvalue weighted by atomic mass is 16.7. The van der Waals surface area contributed by atoms with Gasteiger partial charge < -0.3 is 105 Å². The molecule has 0 bridgehead atoms. The smallest absolute Gasteiger partial charge is 0.217 e. The zero-order valence-corrected chi connectivity index (χ0v) is 29.4. The largest absolute Gasteiger partial charge is 0.394 e. The van der Waals surface area contributed by atoms with Crippen LogP contribution in [-0.4, -0.2) is 223 Å². The summed E-state index contributed by atoms with van der Waals surface area (Å²) in [7, 11) is 0. The molecule has 0 aromatic rings. The molecule has 20 atom stereocenters. The molecule has 4 aliphatic rings. The number of aliphatic hydroxyl groups is 11. The summed E-state index contributed by atoms with van der Waals surface area (Å²) >= 11 is 0. The fourth-order valence-corrected chi connectivity index (χ4v) is 6.75. The molecule has 14 N–H and O–H groups in total. The van der Waals surface area contributed by atoms with Gasteiger partial charge in [0.25, 0.3) is 0 Å². The van der Waals surface area contributed by atoms with Gasteiger partial charge in [0.2, 0.25) is 17.7 Å². The Morgan fingerprint density at radius 3 is 1.30 bits per heavy atom. The van der Waals surface area contributed by atoms with Crippen LogP contribution in [0.25, 0.3) is 0 Å². The first kappa shape index (κ1) is 44.4. The third-order valence-corrected chi connectivity index (χ3v) is 9.41. The van der Waals surface area contributed by atoms with Gasteiger partial charge in [0, 0.05) is 20.8 Å². The van der Waals surface area contributed by atoms with Crippen molar-refractivity contribution in [2.45, 2.75) is 143 Å². The molecule has 0 radical (unpaired) electrons. The summed E-state index contributed by atoms with van der Waals surface area (Å²) in [5, 5.41) is 123. The molecule has 0 aliphatic carbocycles. The predicted molar refractivity (Wildman–Crippen MR) is 169 cm³/mol. The average molecular weight is 790 g/mol. The average Bonchev–Trinajstić information content (AvgIpc) is 3.11. The maximum absolute atomic E-state index is 12.5. The fraction of sp³-hybridized carbons (Fsp3) is 0.900. The lowest BCUT2D eigenvalue weighted by Crippen LogP contribution is -2.71. The van der Waals surface area contributed by atoms with Gasteiger partial charge in [-0.15, -0.1) is 0 Å². The van der Waals surface area contributed by atoms with Gasteiger partial charge in [-0.25, -0.2) is 0 Å². The fourth-order valence-electron chi connectivity index (χ4n) is 6.75. The molecule has 0 spiro atoms. The molecule has 0 aromatic carbocycles. The van der Waals surface area contributed by atoms with Crippen LogP contribution < -0.4 is 16.0 Å². The van der Waals surface area contributed by atoms with E-state index in [-0.39, 0.29) is 0 Å². The second-order valence-electron chi connectivity index (χ2n) is 13.3. The molecule has 4 aliphatic heterocycles. The van der Waals surface area contributed by atoms with E-state index in [0.29, 0.717) is 0 Å². The van der Waals surface area contributed by atoms with E-state index in [0.717, 1.165) is 20.8 Å². The van der Waals surface area contributed by atoms with E-state index >= 15 is 0 Å². The lowest BCUT2D eigenvalue weighted by atomic mass is 9.93. The summed E-state index contributed by atoms with van der Waals surface area (Å²) in [6.45, 7) is -0.253. The molecule has 4 saturated heterocycles. The highest BCUT2D eigenvalue weighted by Gasteiger charge is 2.56. The first-order chi connectivity index (χ1) is 25.5. The summed E-state index contributed by atoms with van der Waals surface area (Å²) in [6.07, 6.45) is -29.8. The Bertz CT molecular complexity index is 1250. The minimum absolute atomic E-state index is 0.695. The highest BCUT2D eigenvalue weighted by molar-refractivity contribution is 5.74. The molecule has 24 heteroatoms. The molecular weight excluding hydrogens is 738 g/mol. The molecule has 4 fully saturated rings. The van der Waals surface area contributed by atoms with Crippen molar-refractivity contribution >= 4 is 17.7 Å². The number of hydrogen-bond acceptors (Lipinski definition) is 21. The number of aliphatic hydroxyl groups excluding tert-OH is 11. The Kier molecular flexibility index (Phi) is 15.8. The number of rotatable bonds is 13. The Morgan fingerprint density at radius 1 is 0.444 bits per heavy atom. The monoisotopic (exact) mass is 789 g/mol. The van der Waals surface area contributed by atoms with E-state index in [4.69, 9.17) is 33.2 Å². The minimum Gasteiger partial charge on any atom is -0.394 e. The van der Waals surface area contributed by atoms with Crippen LogP contribution in [0.4, 0.5) is 0 Å².